The fourth-order valence-corrected chi connectivity index (χ4v) is 1.38. The molecule has 2 aromatic rings. The van der Waals surface area contributed by atoms with Gasteiger partial charge in [-0.1, -0.05) is 11.6 Å². The second-order valence-corrected chi connectivity index (χ2v) is 3.55. The molecule has 0 spiro atoms. The number of rotatable bonds is 3. The molecular formula is C11H7ClN2O3. The van der Waals surface area contributed by atoms with Crippen LogP contribution in [0.4, 0.5) is 0 Å². The van der Waals surface area contributed by atoms with Crippen LogP contribution in [0.15, 0.2) is 36.5 Å². The molecule has 0 amide bonds. The van der Waals surface area contributed by atoms with Gasteiger partial charge in [-0.2, -0.15) is 5.10 Å². The third-order valence-electron chi connectivity index (χ3n) is 1.93. The van der Waals surface area contributed by atoms with Gasteiger partial charge in [0.05, 0.1) is 0 Å². The summed E-state index contributed by atoms with van der Waals surface area (Å²) in [6.07, 6.45) is 1.49. The van der Waals surface area contributed by atoms with E-state index < -0.39 is 5.97 Å². The van der Waals surface area contributed by atoms with Crippen molar-refractivity contribution < 1.29 is 14.6 Å². The predicted molar refractivity (Wildman–Crippen MR) is 60.5 cm³/mol. The van der Waals surface area contributed by atoms with E-state index in [1.165, 1.54) is 18.3 Å². The van der Waals surface area contributed by atoms with E-state index in [-0.39, 0.29) is 17.2 Å². The summed E-state index contributed by atoms with van der Waals surface area (Å²) in [5, 5.41) is 16.6. The van der Waals surface area contributed by atoms with Crippen LogP contribution in [0.3, 0.4) is 0 Å². The third kappa shape index (κ3) is 2.70. The fourth-order valence-electron chi connectivity index (χ4n) is 1.21. The van der Waals surface area contributed by atoms with Crippen LogP contribution in [-0.2, 0) is 0 Å². The molecule has 1 aromatic heterocycles. The van der Waals surface area contributed by atoms with Crippen molar-refractivity contribution in [1.82, 2.24) is 10.2 Å². The average molecular weight is 251 g/mol. The van der Waals surface area contributed by atoms with Gasteiger partial charge in [0, 0.05) is 17.3 Å². The number of halogens is 1. The Labute approximate surface area is 102 Å². The molecule has 0 radical (unpaired) electrons. The van der Waals surface area contributed by atoms with Crippen molar-refractivity contribution in [1.29, 1.82) is 0 Å². The van der Waals surface area contributed by atoms with Gasteiger partial charge in [0.1, 0.15) is 11.3 Å². The third-order valence-corrected chi connectivity index (χ3v) is 2.17. The number of hydrogen-bond acceptors (Lipinski definition) is 4. The molecule has 86 valence electrons. The van der Waals surface area contributed by atoms with Gasteiger partial charge in [-0.15, -0.1) is 5.10 Å². The summed E-state index contributed by atoms with van der Waals surface area (Å²) in [5.74, 6) is -0.730. The van der Waals surface area contributed by atoms with Gasteiger partial charge in [0.25, 0.3) is 0 Å². The van der Waals surface area contributed by atoms with Gasteiger partial charge in [-0.25, -0.2) is 4.79 Å². The van der Waals surface area contributed by atoms with Crippen LogP contribution >= 0.6 is 11.6 Å². The molecule has 0 bridgehead atoms. The van der Waals surface area contributed by atoms with Crippen molar-refractivity contribution in [3.8, 4) is 11.6 Å². The number of ether oxygens (including phenoxy) is 1. The number of hydrogen-bond donors (Lipinski definition) is 1. The van der Waals surface area contributed by atoms with Gasteiger partial charge in [0.2, 0.25) is 5.88 Å². The lowest BCUT2D eigenvalue weighted by Crippen LogP contribution is -2.00. The molecule has 2 rings (SSSR count). The van der Waals surface area contributed by atoms with Crippen LogP contribution in [0.25, 0.3) is 0 Å². The number of carbonyl (C=O) groups is 1. The lowest BCUT2D eigenvalue weighted by atomic mass is 10.2. The number of benzene rings is 1. The van der Waals surface area contributed by atoms with Crippen LogP contribution < -0.4 is 4.74 Å². The van der Waals surface area contributed by atoms with Crippen LogP contribution in [0.1, 0.15) is 10.4 Å². The number of aromatic carboxylic acids is 1. The Morgan fingerprint density at radius 3 is 2.82 bits per heavy atom. The summed E-state index contributed by atoms with van der Waals surface area (Å²) >= 11 is 5.72. The minimum atomic E-state index is -1.12. The first kappa shape index (κ1) is 11.3. The monoisotopic (exact) mass is 250 g/mol. The minimum absolute atomic E-state index is 0.0249. The highest BCUT2D eigenvalue weighted by atomic mass is 35.5. The average Bonchev–Trinajstić information content (AvgIpc) is 2.32. The van der Waals surface area contributed by atoms with E-state index >= 15 is 0 Å². The fraction of sp³-hybridized carbons (Fsp3) is 0. The zero-order valence-corrected chi connectivity index (χ0v) is 9.26. The van der Waals surface area contributed by atoms with Crippen molar-refractivity contribution >= 4 is 17.6 Å². The molecule has 0 unspecified atom stereocenters. The molecule has 1 heterocycles. The number of nitrogens with zero attached hydrogens (tertiary/aromatic N) is 2. The summed E-state index contributed by atoms with van der Waals surface area (Å²) in [7, 11) is 0. The summed E-state index contributed by atoms with van der Waals surface area (Å²) in [6, 6.07) is 7.54. The topological polar surface area (TPSA) is 72.3 Å². The smallest absolute Gasteiger partial charge is 0.339 e. The highest BCUT2D eigenvalue weighted by Gasteiger charge is 2.13. The van der Waals surface area contributed by atoms with Crippen molar-refractivity contribution in [2.24, 2.45) is 0 Å². The highest BCUT2D eigenvalue weighted by molar-refractivity contribution is 6.31. The molecule has 0 saturated carbocycles. The first-order chi connectivity index (χ1) is 8.16. The maximum Gasteiger partial charge on any atom is 0.339 e. The van der Waals surface area contributed by atoms with E-state index in [1.54, 1.807) is 18.2 Å². The largest absolute Gasteiger partial charge is 0.478 e. The van der Waals surface area contributed by atoms with Gasteiger partial charge in [-0.3, -0.25) is 0 Å². The molecule has 17 heavy (non-hydrogen) atoms. The van der Waals surface area contributed by atoms with Crippen molar-refractivity contribution in [3.63, 3.8) is 0 Å². The number of carboxylic acids is 1. The van der Waals surface area contributed by atoms with Gasteiger partial charge < -0.3 is 9.84 Å². The standard InChI is InChI=1S/C11H7ClN2O3/c12-7-3-4-9(8(6-7)11(15)16)17-10-2-1-5-13-14-10/h1-6H,(H,15,16). The first-order valence-corrected chi connectivity index (χ1v) is 5.03. The summed E-state index contributed by atoms with van der Waals surface area (Å²) < 4.78 is 5.31. The Balaban J connectivity index is 2.36. The number of carboxylic acid groups (broad SMARTS) is 1. The second-order valence-electron chi connectivity index (χ2n) is 3.11. The summed E-state index contributed by atoms with van der Waals surface area (Å²) in [5.41, 5.74) is -0.0249. The van der Waals surface area contributed by atoms with Crippen LogP contribution in [-0.4, -0.2) is 21.3 Å². The maximum atomic E-state index is 11.0. The van der Waals surface area contributed by atoms with Crippen LogP contribution in [0.2, 0.25) is 5.02 Å². The summed E-state index contributed by atoms with van der Waals surface area (Å²) in [6.45, 7) is 0. The van der Waals surface area contributed by atoms with Gasteiger partial charge >= 0.3 is 5.97 Å². The molecule has 6 heteroatoms. The van der Waals surface area contributed by atoms with Gasteiger partial charge in [-0.05, 0) is 24.3 Å². The second kappa shape index (κ2) is 4.80. The van der Waals surface area contributed by atoms with E-state index in [0.717, 1.165) is 0 Å². The molecule has 0 aliphatic heterocycles. The first-order valence-electron chi connectivity index (χ1n) is 4.65. The van der Waals surface area contributed by atoms with E-state index in [4.69, 9.17) is 21.4 Å². The molecule has 0 aliphatic rings. The number of aromatic nitrogens is 2. The molecule has 0 fully saturated rings. The van der Waals surface area contributed by atoms with Crippen molar-refractivity contribution in [3.05, 3.63) is 47.1 Å². The molecule has 0 atom stereocenters. The Morgan fingerprint density at radius 1 is 1.35 bits per heavy atom. The Hall–Kier alpha value is -2.14. The summed E-state index contributed by atoms with van der Waals surface area (Å²) in [4.78, 5) is 11.0. The molecule has 1 N–H and O–H groups in total. The molecule has 1 aromatic carbocycles. The minimum Gasteiger partial charge on any atom is -0.478 e. The Bertz CT molecular complexity index is 546. The quantitative estimate of drug-likeness (QED) is 0.907. The van der Waals surface area contributed by atoms with Gasteiger partial charge in [0.15, 0.2) is 0 Å². The SMILES string of the molecule is O=C(O)c1cc(Cl)ccc1Oc1cccnn1. The van der Waals surface area contributed by atoms with Crippen molar-refractivity contribution in [2.45, 2.75) is 0 Å². The van der Waals surface area contributed by atoms with Crippen molar-refractivity contribution in [2.75, 3.05) is 0 Å². The lowest BCUT2D eigenvalue weighted by Gasteiger charge is -2.07. The van der Waals surface area contributed by atoms with E-state index in [2.05, 4.69) is 10.2 Å². The van der Waals surface area contributed by atoms with Crippen LogP contribution in [0, 0.1) is 0 Å². The molecular weight excluding hydrogens is 244 g/mol. The van der Waals surface area contributed by atoms with E-state index in [1.807, 2.05) is 0 Å². The van der Waals surface area contributed by atoms with E-state index in [0.29, 0.717) is 5.02 Å². The Kier molecular flexibility index (Phi) is 3.20. The zero-order chi connectivity index (χ0) is 12.3. The Morgan fingerprint density at radius 2 is 2.18 bits per heavy atom. The molecule has 5 nitrogen and oxygen atoms in total. The normalized spacial score (nSPS) is 9.94. The predicted octanol–water partition coefficient (Wildman–Crippen LogP) is 2.62. The van der Waals surface area contributed by atoms with E-state index in [9.17, 15) is 4.79 Å². The molecule has 0 aliphatic carbocycles. The highest BCUT2D eigenvalue weighted by Crippen LogP contribution is 2.26. The van der Waals surface area contributed by atoms with Crippen LogP contribution in [0.5, 0.6) is 11.6 Å². The molecule has 0 saturated heterocycles. The zero-order valence-electron chi connectivity index (χ0n) is 8.50. The lowest BCUT2D eigenvalue weighted by molar-refractivity contribution is 0.0694. The maximum absolute atomic E-state index is 11.0.